The third-order valence-electron chi connectivity index (χ3n) is 4.49. The number of amides is 2. The lowest BCUT2D eigenvalue weighted by molar-refractivity contribution is -0.386. The highest BCUT2D eigenvalue weighted by Crippen LogP contribution is 2.38. The molecule has 15 heteroatoms. The molecule has 2 rings (SSSR count). The molecule has 0 bridgehead atoms. The highest BCUT2D eigenvalue weighted by atomic mass is 127. The molecule has 1 atom stereocenters. The van der Waals surface area contributed by atoms with Crippen molar-refractivity contribution in [2.75, 3.05) is 20.3 Å². The van der Waals surface area contributed by atoms with Gasteiger partial charge in [0.05, 0.1) is 53.1 Å². The van der Waals surface area contributed by atoms with Crippen molar-refractivity contribution in [1.29, 1.82) is 0 Å². The van der Waals surface area contributed by atoms with Crippen LogP contribution < -0.4 is 18.3 Å². The maximum atomic E-state index is 12.0. The summed E-state index contributed by atoms with van der Waals surface area (Å²) in [6, 6.07) is 2.59. The molecule has 2 aromatic rings. The van der Waals surface area contributed by atoms with Crippen LogP contribution in [0.1, 0.15) is 43.7 Å². The van der Waals surface area contributed by atoms with Crippen LogP contribution in [0.15, 0.2) is 18.5 Å². The predicted molar refractivity (Wildman–Crippen MR) is 125 cm³/mol. The summed E-state index contributed by atoms with van der Waals surface area (Å²) in [7, 11) is 1.38. The number of carbonyl (C=O) groups excluding carboxylic acids is 2. The van der Waals surface area contributed by atoms with Crippen molar-refractivity contribution in [3.63, 3.8) is 0 Å². The first kappa shape index (κ1) is 26.9. The van der Waals surface area contributed by atoms with Gasteiger partial charge in [0, 0.05) is 12.8 Å². The van der Waals surface area contributed by atoms with Crippen LogP contribution in [0.3, 0.4) is 0 Å². The van der Waals surface area contributed by atoms with E-state index < -0.39 is 17.1 Å². The Morgan fingerprint density at radius 2 is 1.94 bits per heavy atom. The number of nitrogens with zero attached hydrogens (tertiary/aromatic N) is 5. The van der Waals surface area contributed by atoms with Crippen LogP contribution in [0.2, 0.25) is 0 Å². The number of hydrogen-bond donors (Lipinski definition) is 2. The van der Waals surface area contributed by atoms with Crippen LogP contribution in [0.25, 0.3) is 0 Å². The standard InChI is InChI=1S/C19H24IN7O7/c1-12(34-19(29)24-20)13-9-15(32-2)16(10-14(13)27(30)31)33-8-7-21-18(28)6-4-3-5-17-25-22-11-23-26-17/h9-12H,3-8H2,1-2H3,(H,21,28)(H,24,29). The molecular formula is C19H24IN7O7. The zero-order valence-electron chi connectivity index (χ0n) is 18.5. The molecule has 0 saturated carbocycles. The van der Waals surface area contributed by atoms with Gasteiger partial charge in [-0.2, -0.15) is 0 Å². The largest absolute Gasteiger partial charge is 0.493 e. The number of benzene rings is 1. The highest BCUT2D eigenvalue weighted by Gasteiger charge is 2.26. The van der Waals surface area contributed by atoms with Crippen LogP contribution in [0.4, 0.5) is 10.5 Å². The van der Waals surface area contributed by atoms with Gasteiger partial charge >= 0.3 is 6.09 Å². The van der Waals surface area contributed by atoms with Gasteiger partial charge in [0.1, 0.15) is 12.7 Å². The molecule has 0 saturated heterocycles. The van der Waals surface area contributed by atoms with Gasteiger partial charge in [-0.3, -0.25) is 18.4 Å². The van der Waals surface area contributed by atoms with Crippen molar-refractivity contribution in [2.24, 2.45) is 0 Å². The summed E-state index contributed by atoms with van der Waals surface area (Å²) in [5.41, 5.74) is -0.142. The van der Waals surface area contributed by atoms with Crippen molar-refractivity contribution in [2.45, 2.75) is 38.7 Å². The summed E-state index contributed by atoms with van der Waals surface area (Å²) < 4.78 is 18.2. The van der Waals surface area contributed by atoms with Gasteiger partial charge < -0.3 is 19.5 Å². The van der Waals surface area contributed by atoms with Gasteiger partial charge in [-0.25, -0.2) is 4.79 Å². The second-order valence-electron chi connectivity index (χ2n) is 6.83. The summed E-state index contributed by atoms with van der Waals surface area (Å²) >= 11 is 1.60. The Morgan fingerprint density at radius 1 is 1.21 bits per heavy atom. The molecule has 34 heavy (non-hydrogen) atoms. The molecule has 0 radical (unpaired) electrons. The van der Waals surface area contributed by atoms with E-state index in [0.29, 0.717) is 31.5 Å². The van der Waals surface area contributed by atoms with E-state index in [-0.39, 0.29) is 41.8 Å². The first-order valence-corrected chi connectivity index (χ1v) is 11.3. The first-order valence-electron chi connectivity index (χ1n) is 10.2. The fraction of sp³-hybridized carbons (Fsp3) is 0.474. The lowest BCUT2D eigenvalue weighted by Crippen LogP contribution is -2.27. The summed E-state index contributed by atoms with van der Waals surface area (Å²) in [5.74, 6) is 0.730. The summed E-state index contributed by atoms with van der Waals surface area (Å²) in [6.45, 7) is 1.77. The fourth-order valence-electron chi connectivity index (χ4n) is 2.90. The molecule has 1 aromatic carbocycles. The van der Waals surface area contributed by atoms with Crippen LogP contribution in [-0.4, -0.2) is 57.6 Å². The number of methoxy groups -OCH3 is 1. The van der Waals surface area contributed by atoms with E-state index in [2.05, 4.69) is 29.2 Å². The first-order chi connectivity index (χ1) is 16.3. The van der Waals surface area contributed by atoms with Gasteiger partial charge in [-0.05, 0) is 25.8 Å². The molecule has 1 unspecified atom stereocenters. The van der Waals surface area contributed by atoms with E-state index in [1.165, 1.54) is 32.5 Å². The quantitative estimate of drug-likeness (QED) is 0.115. The van der Waals surface area contributed by atoms with Gasteiger partial charge in [-0.1, -0.05) is 0 Å². The number of hydrogen-bond acceptors (Lipinski definition) is 11. The second-order valence-corrected chi connectivity index (χ2v) is 7.37. The number of rotatable bonds is 13. The Hall–Kier alpha value is -3.37. The lowest BCUT2D eigenvalue weighted by atomic mass is 10.1. The number of carbonyl (C=O) groups is 2. The topological polar surface area (TPSA) is 181 Å². The summed E-state index contributed by atoms with van der Waals surface area (Å²) in [6.07, 6.45) is 1.87. The monoisotopic (exact) mass is 589 g/mol. The lowest BCUT2D eigenvalue weighted by Gasteiger charge is -2.16. The molecule has 14 nitrogen and oxygen atoms in total. The van der Waals surface area contributed by atoms with Crippen LogP contribution in [-0.2, 0) is 16.0 Å². The smallest absolute Gasteiger partial charge is 0.416 e. The number of aryl methyl sites for hydroxylation is 1. The molecule has 2 N–H and O–H groups in total. The molecule has 0 fully saturated rings. The van der Waals surface area contributed by atoms with E-state index in [0.717, 1.165) is 0 Å². The Morgan fingerprint density at radius 3 is 2.59 bits per heavy atom. The zero-order valence-corrected chi connectivity index (χ0v) is 20.7. The van der Waals surface area contributed by atoms with E-state index in [1.54, 1.807) is 22.9 Å². The summed E-state index contributed by atoms with van der Waals surface area (Å²) in [4.78, 5) is 34.4. The minimum Gasteiger partial charge on any atom is -0.493 e. The van der Waals surface area contributed by atoms with Crippen LogP contribution in [0, 0.1) is 10.1 Å². The fourth-order valence-corrected chi connectivity index (χ4v) is 3.03. The maximum Gasteiger partial charge on any atom is 0.416 e. The van der Waals surface area contributed by atoms with E-state index >= 15 is 0 Å². The Balaban J connectivity index is 1.86. The van der Waals surface area contributed by atoms with Crippen molar-refractivity contribution >= 4 is 40.6 Å². The van der Waals surface area contributed by atoms with Crippen LogP contribution >= 0.6 is 22.9 Å². The molecule has 2 amide bonds. The van der Waals surface area contributed by atoms with Gasteiger partial charge in [0.25, 0.3) is 5.69 Å². The van der Waals surface area contributed by atoms with E-state index in [1.807, 2.05) is 0 Å². The molecule has 1 aromatic heterocycles. The second kappa shape index (κ2) is 14.0. The predicted octanol–water partition coefficient (Wildman–Crippen LogP) is 2.23. The third-order valence-corrected chi connectivity index (χ3v) is 4.93. The van der Waals surface area contributed by atoms with Crippen molar-refractivity contribution in [3.8, 4) is 11.5 Å². The van der Waals surface area contributed by atoms with Gasteiger partial charge in [0.2, 0.25) is 5.91 Å². The molecule has 0 aliphatic carbocycles. The molecule has 0 aliphatic rings. The number of ether oxygens (including phenoxy) is 3. The highest BCUT2D eigenvalue weighted by molar-refractivity contribution is 14.1. The molecule has 1 heterocycles. The molecule has 0 spiro atoms. The molecular weight excluding hydrogens is 565 g/mol. The number of nitrogens with one attached hydrogen (secondary N) is 2. The minimum absolute atomic E-state index is 0.0666. The number of aromatic nitrogens is 4. The van der Waals surface area contributed by atoms with E-state index in [4.69, 9.17) is 14.2 Å². The van der Waals surface area contributed by atoms with Gasteiger partial charge in [-0.15, -0.1) is 20.4 Å². The Kier molecular flexibility index (Phi) is 11.1. The molecule has 0 aliphatic heterocycles. The van der Waals surface area contributed by atoms with E-state index in [9.17, 15) is 19.7 Å². The zero-order chi connectivity index (χ0) is 24.9. The number of nitro benzene ring substituents is 1. The summed E-state index contributed by atoms with van der Waals surface area (Å²) in [5, 5.41) is 29.2. The Labute approximate surface area is 208 Å². The third kappa shape index (κ3) is 8.53. The average molecular weight is 589 g/mol. The van der Waals surface area contributed by atoms with Crippen molar-refractivity contribution in [3.05, 3.63) is 40.0 Å². The number of halogens is 1. The van der Waals surface area contributed by atoms with Crippen molar-refractivity contribution in [1.82, 2.24) is 29.2 Å². The minimum atomic E-state index is -0.904. The Bertz CT molecular complexity index is 981. The van der Waals surface area contributed by atoms with Gasteiger partial charge in [0.15, 0.2) is 23.7 Å². The number of nitro groups is 1. The SMILES string of the molecule is COc1cc(C(C)OC(=O)NI)c([N+](=O)[O-])cc1OCCNC(=O)CCCCc1nncnn1. The normalized spacial score (nSPS) is 11.3. The van der Waals surface area contributed by atoms with Crippen LogP contribution in [0.5, 0.6) is 11.5 Å². The molecule has 184 valence electrons. The van der Waals surface area contributed by atoms with Crippen molar-refractivity contribution < 1.29 is 28.7 Å². The maximum absolute atomic E-state index is 12.0. The number of unbranched alkanes of at least 4 members (excludes halogenated alkanes) is 1. The average Bonchev–Trinajstić information content (AvgIpc) is 2.84.